The third-order valence-electron chi connectivity index (χ3n) is 3.65. The minimum atomic E-state index is 0.365. The molecule has 19 heavy (non-hydrogen) atoms. The second kappa shape index (κ2) is 5.47. The largest absolute Gasteiger partial charge is 0.495 e. The highest BCUT2D eigenvalue weighted by molar-refractivity contribution is 6.32. The number of ether oxygens (including phenoxy) is 3. The van der Waals surface area contributed by atoms with Gasteiger partial charge in [0.1, 0.15) is 5.75 Å². The third kappa shape index (κ3) is 2.35. The molecule has 1 aromatic rings. The lowest BCUT2D eigenvalue weighted by Crippen LogP contribution is -2.10. The Hall–Kier alpha value is -1.13. The molecule has 2 heterocycles. The Morgan fingerprint density at radius 1 is 1.37 bits per heavy atom. The summed E-state index contributed by atoms with van der Waals surface area (Å²) in [6, 6.07) is 1.80. The van der Waals surface area contributed by atoms with Gasteiger partial charge < -0.3 is 19.5 Å². The van der Waals surface area contributed by atoms with Gasteiger partial charge in [-0.15, -0.1) is 0 Å². The first-order chi connectivity index (χ1) is 9.31. The molecule has 0 saturated carbocycles. The van der Waals surface area contributed by atoms with E-state index in [0.717, 1.165) is 48.7 Å². The SMILES string of the molecule is COc1c(Cl)cc2c(c1C1CCNC1)OCCCO2. The van der Waals surface area contributed by atoms with Crippen molar-refractivity contribution in [1.29, 1.82) is 0 Å². The highest BCUT2D eigenvalue weighted by Crippen LogP contribution is 2.48. The lowest BCUT2D eigenvalue weighted by atomic mass is 9.95. The molecule has 1 fully saturated rings. The molecule has 0 amide bonds. The van der Waals surface area contributed by atoms with Crippen LogP contribution in [0.25, 0.3) is 0 Å². The molecule has 4 nitrogen and oxygen atoms in total. The van der Waals surface area contributed by atoms with Crippen LogP contribution in [0.4, 0.5) is 0 Å². The molecule has 1 atom stereocenters. The number of hydrogen-bond donors (Lipinski definition) is 1. The van der Waals surface area contributed by atoms with Gasteiger partial charge in [-0.05, 0) is 13.0 Å². The molecule has 0 bridgehead atoms. The second-order valence-electron chi connectivity index (χ2n) is 4.87. The molecule has 2 aliphatic heterocycles. The Morgan fingerprint density at radius 3 is 2.95 bits per heavy atom. The molecule has 3 rings (SSSR count). The standard InChI is InChI=1S/C14H18ClNO3/c1-17-13-10(15)7-11-14(19-6-2-5-18-11)12(13)9-3-4-16-8-9/h7,9,16H,2-6,8H2,1H3. The molecule has 0 spiro atoms. The molecule has 1 aromatic carbocycles. The van der Waals surface area contributed by atoms with Gasteiger partial charge in [0.25, 0.3) is 0 Å². The van der Waals surface area contributed by atoms with Gasteiger partial charge in [-0.1, -0.05) is 11.6 Å². The van der Waals surface area contributed by atoms with Crippen LogP contribution in [-0.4, -0.2) is 33.4 Å². The number of hydrogen-bond acceptors (Lipinski definition) is 4. The minimum Gasteiger partial charge on any atom is -0.495 e. The maximum absolute atomic E-state index is 6.32. The van der Waals surface area contributed by atoms with Gasteiger partial charge in [-0.3, -0.25) is 0 Å². The number of halogens is 1. The number of nitrogens with one attached hydrogen (secondary N) is 1. The predicted octanol–water partition coefficient (Wildman–Crippen LogP) is 2.59. The fourth-order valence-electron chi connectivity index (χ4n) is 2.76. The molecular weight excluding hydrogens is 266 g/mol. The van der Waals surface area contributed by atoms with Crippen molar-refractivity contribution < 1.29 is 14.2 Å². The van der Waals surface area contributed by atoms with E-state index in [4.69, 9.17) is 25.8 Å². The van der Waals surface area contributed by atoms with Crippen LogP contribution in [0.2, 0.25) is 5.02 Å². The van der Waals surface area contributed by atoms with Gasteiger partial charge in [0.15, 0.2) is 11.5 Å². The van der Waals surface area contributed by atoms with E-state index in [1.807, 2.05) is 0 Å². The Kier molecular flexibility index (Phi) is 3.71. The third-order valence-corrected chi connectivity index (χ3v) is 3.93. The van der Waals surface area contributed by atoms with E-state index in [1.165, 1.54) is 0 Å². The molecular formula is C14H18ClNO3. The fraction of sp³-hybridized carbons (Fsp3) is 0.571. The van der Waals surface area contributed by atoms with Gasteiger partial charge in [-0.25, -0.2) is 0 Å². The smallest absolute Gasteiger partial charge is 0.168 e. The Labute approximate surface area is 118 Å². The first-order valence-electron chi connectivity index (χ1n) is 6.68. The summed E-state index contributed by atoms with van der Waals surface area (Å²) in [6.07, 6.45) is 1.95. The van der Waals surface area contributed by atoms with Crippen molar-refractivity contribution in [2.75, 3.05) is 33.4 Å². The van der Waals surface area contributed by atoms with E-state index in [1.54, 1.807) is 13.2 Å². The number of rotatable bonds is 2. The number of fused-ring (bicyclic) bond motifs is 1. The molecule has 0 radical (unpaired) electrons. The van der Waals surface area contributed by atoms with E-state index < -0.39 is 0 Å². The van der Waals surface area contributed by atoms with Crippen LogP contribution in [-0.2, 0) is 0 Å². The summed E-state index contributed by atoms with van der Waals surface area (Å²) in [6.45, 7) is 3.27. The lowest BCUT2D eigenvalue weighted by molar-refractivity contribution is 0.295. The van der Waals surface area contributed by atoms with Gasteiger partial charge >= 0.3 is 0 Å². The van der Waals surface area contributed by atoms with Crippen LogP contribution in [0.15, 0.2) is 6.07 Å². The molecule has 104 valence electrons. The summed E-state index contributed by atoms with van der Waals surface area (Å²) in [5, 5.41) is 3.96. The quantitative estimate of drug-likeness (QED) is 0.906. The Morgan fingerprint density at radius 2 is 2.21 bits per heavy atom. The van der Waals surface area contributed by atoms with Crippen LogP contribution >= 0.6 is 11.6 Å². The van der Waals surface area contributed by atoms with Crippen LogP contribution < -0.4 is 19.5 Å². The van der Waals surface area contributed by atoms with Crippen LogP contribution in [0.5, 0.6) is 17.2 Å². The molecule has 1 saturated heterocycles. The maximum Gasteiger partial charge on any atom is 0.168 e. The van der Waals surface area contributed by atoms with Crippen molar-refractivity contribution in [1.82, 2.24) is 5.32 Å². The van der Waals surface area contributed by atoms with E-state index in [0.29, 0.717) is 24.2 Å². The minimum absolute atomic E-state index is 0.365. The zero-order chi connectivity index (χ0) is 13.2. The second-order valence-corrected chi connectivity index (χ2v) is 5.28. The molecule has 0 aromatic heterocycles. The van der Waals surface area contributed by atoms with Crippen molar-refractivity contribution in [3.63, 3.8) is 0 Å². The van der Waals surface area contributed by atoms with Gasteiger partial charge in [0.05, 0.1) is 25.3 Å². The topological polar surface area (TPSA) is 39.7 Å². The summed E-state index contributed by atoms with van der Waals surface area (Å²) < 4.78 is 17.1. The average molecular weight is 284 g/mol. The predicted molar refractivity (Wildman–Crippen MR) is 73.8 cm³/mol. The van der Waals surface area contributed by atoms with Crippen molar-refractivity contribution in [2.45, 2.75) is 18.8 Å². The summed E-state index contributed by atoms with van der Waals surface area (Å²) in [4.78, 5) is 0. The summed E-state index contributed by atoms with van der Waals surface area (Å²) in [5.41, 5.74) is 1.05. The zero-order valence-electron chi connectivity index (χ0n) is 11.0. The lowest BCUT2D eigenvalue weighted by Gasteiger charge is -2.21. The molecule has 0 aliphatic carbocycles. The van der Waals surface area contributed by atoms with E-state index >= 15 is 0 Å². The highest BCUT2D eigenvalue weighted by Gasteiger charge is 2.29. The van der Waals surface area contributed by atoms with Crippen molar-refractivity contribution in [3.05, 3.63) is 16.7 Å². The highest BCUT2D eigenvalue weighted by atomic mass is 35.5. The van der Waals surface area contributed by atoms with E-state index in [2.05, 4.69) is 5.32 Å². The van der Waals surface area contributed by atoms with Crippen LogP contribution in [0.3, 0.4) is 0 Å². The van der Waals surface area contributed by atoms with Crippen LogP contribution in [0, 0.1) is 0 Å². The monoisotopic (exact) mass is 283 g/mol. The van der Waals surface area contributed by atoms with Crippen molar-refractivity contribution in [3.8, 4) is 17.2 Å². The Balaban J connectivity index is 2.13. The van der Waals surface area contributed by atoms with Gasteiger partial charge in [-0.2, -0.15) is 0 Å². The first-order valence-corrected chi connectivity index (χ1v) is 7.05. The van der Waals surface area contributed by atoms with Gasteiger partial charge in [0, 0.05) is 30.5 Å². The average Bonchev–Trinajstić information content (AvgIpc) is 2.83. The van der Waals surface area contributed by atoms with Crippen molar-refractivity contribution in [2.24, 2.45) is 0 Å². The summed E-state index contributed by atoms with van der Waals surface area (Å²) >= 11 is 6.32. The summed E-state index contributed by atoms with van der Waals surface area (Å²) in [7, 11) is 1.65. The normalized spacial score (nSPS) is 22.1. The van der Waals surface area contributed by atoms with Crippen molar-refractivity contribution >= 4 is 11.6 Å². The van der Waals surface area contributed by atoms with Crippen LogP contribution in [0.1, 0.15) is 24.3 Å². The first kappa shape index (κ1) is 12.9. The molecule has 5 heteroatoms. The van der Waals surface area contributed by atoms with E-state index in [-0.39, 0.29) is 0 Å². The fourth-order valence-corrected chi connectivity index (χ4v) is 3.04. The van der Waals surface area contributed by atoms with E-state index in [9.17, 15) is 0 Å². The number of methoxy groups -OCH3 is 1. The maximum atomic E-state index is 6.32. The molecule has 2 aliphatic rings. The van der Waals surface area contributed by atoms with Gasteiger partial charge in [0.2, 0.25) is 0 Å². The number of benzene rings is 1. The zero-order valence-corrected chi connectivity index (χ0v) is 11.8. The molecule has 1 unspecified atom stereocenters. The summed E-state index contributed by atoms with van der Waals surface area (Å²) in [5.74, 6) is 2.64. The molecule has 1 N–H and O–H groups in total. The Bertz CT molecular complexity index is 472.